The number of carbonyl (C=O) groups is 4. The molecule has 4 rings (SSSR count). The van der Waals surface area contributed by atoms with E-state index in [-0.39, 0.29) is 42.5 Å². The maximum atomic E-state index is 12.9. The van der Waals surface area contributed by atoms with Crippen molar-refractivity contribution in [2.45, 2.75) is 51.6 Å². The standard InChI is InChI=1S/C27H30N2O6/c1-3-34-23-14-13-18(16-29-25(31)20-11-7-8-12-21(20)26(29)32)15-22(23)27(33)35-17-24(30)28(2)19-9-5-4-6-10-19/h7-8,11-15,19H,3-6,9-10,16-17H2,1-2H3. The van der Waals surface area contributed by atoms with E-state index in [1.54, 1.807) is 61.3 Å². The first kappa shape index (κ1) is 24.4. The number of benzene rings is 2. The lowest BCUT2D eigenvalue weighted by Gasteiger charge is -2.31. The molecule has 0 N–H and O–H groups in total. The van der Waals surface area contributed by atoms with Crippen LogP contribution >= 0.6 is 0 Å². The van der Waals surface area contributed by atoms with Crippen LogP contribution in [0.1, 0.15) is 75.7 Å². The van der Waals surface area contributed by atoms with Crippen LogP contribution in [-0.2, 0) is 16.1 Å². The molecule has 0 spiro atoms. The van der Waals surface area contributed by atoms with Crippen LogP contribution < -0.4 is 4.74 Å². The molecular weight excluding hydrogens is 448 g/mol. The number of carbonyl (C=O) groups excluding carboxylic acids is 4. The lowest BCUT2D eigenvalue weighted by molar-refractivity contribution is -0.135. The van der Waals surface area contributed by atoms with Crippen molar-refractivity contribution in [2.24, 2.45) is 0 Å². The summed E-state index contributed by atoms with van der Waals surface area (Å²) in [6.45, 7) is 1.77. The Morgan fingerprint density at radius 1 is 1.00 bits per heavy atom. The van der Waals surface area contributed by atoms with E-state index < -0.39 is 5.97 Å². The first-order valence-corrected chi connectivity index (χ1v) is 12.0. The van der Waals surface area contributed by atoms with Crippen molar-refractivity contribution < 1.29 is 28.7 Å². The normalized spacial score (nSPS) is 15.7. The number of esters is 1. The second kappa shape index (κ2) is 10.7. The van der Waals surface area contributed by atoms with Gasteiger partial charge in [-0.05, 0) is 49.6 Å². The van der Waals surface area contributed by atoms with Crippen LogP contribution in [0.5, 0.6) is 5.75 Å². The number of amides is 3. The fraction of sp³-hybridized carbons (Fsp3) is 0.407. The molecule has 1 aliphatic heterocycles. The molecule has 3 amide bonds. The van der Waals surface area contributed by atoms with Gasteiger partial charge in [-0.15, -0.1) is 0 Å². The summed E-state index contributed by atoms with van der Waals surface area (Å²) in [5.41, 5.74) is 1.45. The zero-order valence-electron chi connectivity index (χ0n) is 20.1. The fourth-order valence-electron chi connectivity index (χ4n) is 4.66. The van der Waals surface area contributed by atoms with Gasteiger partial charge >= 0.3 is 5.97 Å². The molecule has 35 heavy (non-hydrogen) atoms. The van der Waals surface area contributed by atoms with E-state index in [0.717, 1.165) is 30.6 Å². The molecule has 0 bridgehead atoms. The van der Waals surface area contributed by atoms with Crippen molar-refractivity contribution in [3.63, 3.8) is 0 Å². The maximum Gasteiger partial charge on any atom is 0.342 e. The van der Waals surface area contributed by atoms with E-state index >= 15 is 0 Å². The molecule has 1 aliphatic carbocycles. The number of imide groups is 1. The van der Waals surface area contributed by atoms with Gasteiger partial charge in [-0.2, -0.15) is 0 Å². The number of ether oxygens (including phenoxy) is 2. The van der Waals surface area contributed by atoms with Crippen LogP contribution in [0.25, 0.3) is 0 Å². The lowest BCUT2D eigenvalue weighted by atomic mass is 9.94. The highest BCUT2D eigenvalue weighted by Crippen LogP contribution is 2.27. The van der Waals surface area contributed by atoms with E-state index in [1.807, 2.05) is 0 Å². The predicted octanol–water partition coefficient (Wildman–Crippen LogP) is 3.83. The van der Waals surface area contributed by atoms with Gasteiger partial charge in [0.25, 0.3) is 17.7 Å². The molecule has 2 aromatic carbocycles. The molecule has 0 aromatic heterocycles. The van der Waals surface area contributed by atoms with Gasteiger partial charge < -0.3 is 14.4 Å². The minimum absolute atomic E-state index is 0.00236. The summed E-state index contributed by atoms with van der Waals surface area (Å²) in [5.74, 6) is -1.37. The molecule has 0 atom stereocenters. The number of fused-ring (bicyclic) bond motifs is 1. The zero-order valence-corrected chi connectivity index (χ0v) is 20.1. The Balaban J connectivity index is 1.46. The Bertz CT molecular complexity index is 1100. The third-order valence-electron chi connectivity index (χ3n) is 6.63. The van der Waals surface area contributed by atoms with Crippen LogP contribution in [-0.4, -0.2) is 59.8 Å². The molecule has 8 nitrogen and oxygen atoms in total. The molecule has 2 aliphatic rings. The molecule has 184 valence electrons. The quantitative estimate of drug-likeness (QED) is 0.423. The summed E-state index contributed by atoms with van der Waals surface area (Å²) >= 11 is 0. The summed E-state index contributed by atoms with van der Waals surface area (Å²) in [6, 6.07) is 11.7. The van der Waals surface area contributed by atoms with Gasteiger partial charge in [0.15, 0.2) is 6.61 Å². The molecule has 2 aromatic rings. The first-order valence-electron chi connectivity index (χ1n) is 12.0. The molecular formula is C27H30N2O6. The summed E-state index contributed by atoms with van der Waals surface area (Å²) in [6.07, 6.45) is 5.30. The maximum absolute atomic E-state index is 12.9. The van der Waals surface area contributed by atoms with Crippen LogP contribution in [0.2, 0.25) is 0 Å². The van der Waals surface area contributed by atoms with Crippen LogP contribution in [0, 0.1) is 0 Å². The Hall–Kier alpha value is -3.68. The van der Waals surface area contributed by atoms with E-state index in [9.17, 15) is 19.2 Å². The molecule has 8 heteroatoms. The second-order valence-corrected chi connectivity index (χ2v) is 8.88. The van der Waals surface area contributed by atoms with Crippen LogP contribution in [0.3, 0.4) is 0 Å². The van der Waals surface area contributed by atoms with Crippen molar-refractivity contribution in [3.05, 3.63) is 64.7 Å². The van der Waals surface area contributed by atoms with Gasteiger partial charge in [0, 0.05) is 13.1 Å². The number of hydrogen-bond donors (Lipinski definition) is 0. The third-order valence-corrected chi connectivity index (χ3v) is 6.63. The molecule has 1 saturated carbocycles. The van der Waals surface area contributed by atoms with Crippen LogP contribution in [0.4, 0.5) is 0 Å². The second-order valence-electron chi connectivity index (χ2n) is 8.88. The number of rotatable bonds is 8. The van der Waals surface area contributed by atoms with Crippen molar-refractivity contribution in [3.8, 4) is 5.75 Å². The Morgan fingerprint density at radius 3 is 2.29 bits per heavy atom. The van der Waals surface area contributed by atoms with Gasteiger partial charge in [-0.1, -0.05) is 37.5 Å². The highest BCUT2D eigenvalue weighted by Gasteiger charge is 2.35. The van der Waals surface area contributed by atoms with E-state index in [2.05, 4.69) is 0 Å². The topological polar surface area (TPSA) is 93.2 Å². The Morgan fingerprint density at radius 2 is 1.66 bits per heavy atom. The lowest BCUT2D eigenvalue weighted by Crippen LogP contribution is -2.40. The molecule has 1 heterocycles. The number of likely N-dealkylation sites (N-methyl/N-ethyl adjacent to an activating group) is 1. The van der Waals surface area contributed by atoms with E-state index in [0.29, 0.717) is 29.0 Å². The van der Waals surface area contributed by atoms with Crippen molar-refractivity contribution >= 4 is 23.7 Å². The van der Waals surface area contributed by atoms with E-state index in [4.69, 9.17) is 9.47 Å². The van der Waals surface area contributed by atoms with E-state index in [1.165, 1.54) is 6.42 Å². The van der Waals surface area contributed by atoms with Gasteiger partial charge in [-0.25, -0.2) is 4.79 Å². The predicted molar refractivity (Wildman–Crippen MR) is 128 cm³/mol. The Kier molecular flexibility index (Phi) is 7.48. The van der Waals surface area contributed by atoms with Crippen molar-refractivity contribution in [1.29, 1.82) is 0 Å². The van der Waals surface area contributed by atoms with Crippen molar-refractivity contribution in [1.82, 2.24) is 9.80 Å². The minimum atomic E-state index is -0.692. The third kappa shape index (κ3) is 5.21. The SMILES string of the molecule is CCOc1ccc(CN2C(=O)c3ccccc3C2=O)cc1C(=O)OCC(=O)N(C)C1CCCCC1. The highest BCUT2D eigenvalue weighted by atomic mass is 16.5. The van der Waals surface area contributed by atoms with Crippen molar-refractivity contribution in [2.75, 3.05) is 20.3 Å². The zero-order chi connectivity index (χ0) is 24.9. The summed E-state index contributed by atoms with van der Waals surface area (Å²) in [7, 11) is 1.75. The molecule has 0 radical (unpaired) electrons. The fourth-order valence-corrected chi connectivity index (χ4v) is 4.66. The summed E-state index contributed by atoms with van der Waals surface area (Å²) in [5, 5.41) is 0. The first-order chi connectivity index (χ1) is 16.9. The van der Waals surface area contributed by atoms with Crippen LogP contribution in [0.15, 0.2) is 42.5 Å². The minimum Gasteiger partial charge on any atom is -0.493 e. The summed E-state index contributed by atoms with van der Waals surface area (Å²) in [4.78, 5) is 53.8. The van der Waals surface area contributed by atoms with Gasteiger partial charge in [0.1, 0.15) is 11.3 Å². The summed E-state index contributed by atoms with van der Waals surface area (Å²) < 4.78 is 10.9. The van der Waals surface area contributed by atoms with Gasteiger partial charge in [0.2, 0.25) is 0 Å². The smallest absolute Gasteiger partial charge is 0.342 e. The number of nitrogens with zero attached hydrogens (tertiary/aromatic N) is 2. The molecule has 0 unspecified atom stereocenters. The number of hydrogen-bond acceptors (Lipinski definition) is 6. The molecule has 0 saturated heterocycles. The highest BCUT2D eigenvalue weighted by molar-refractivity contribution is 6.21. The monoisotopic (exact) mass is 478 g/mol. The average Bonchev–Trinajstić information content (AvgIpc) is 3.13. The average molecular weight is 479 g/mol. The largest absolute Gasteiger partial charge is 0.493 e. The Labute approximate surface area is 204 Å². The molecule has 1 fully saturated rings. The van der Waals surface area contributed by atoms with Gasteiger partial charge in [-0.3, -0.25) is 19.3 Å². The van der Waals surface area contributed by atoms with Gasteiger partial charge in [0.05, 0.1) is 24.3 Å².